The molecule has 0 atom stereocenters. The van der Waals surface area contributed by atoms with Crippen molar-refractivity contribution in [2.45, 2.75) is 6.42 Å². The number of pyridine rings is 1. The summed E-state index contributed by atoms with van der Waals surface area (Å²) in [6.07, 6.45) is 0.662. The molecule has 0 amide bonds. The van der Waals surface area contributed by atoms with Gasteiger partial charge in [0.2, 0.25) is 0 Å². The first-order valence-corrected chi connectivity index (χ1v) is 4.24. The van der Waals surface area contributed by atoms with Crippen molar-refractivity contribution in [3.8, 4) is 11.8 Å². The highest BCUT2D eigenvalue weighted by Crippen LogP contribution is 1.95. The van der Waals surface area contributed by atoms with E-state index in [1.165, 1.54) is 7.11 Å². The van der Waals surface area contributed by atoms with E-state index in [4.69, 9.17) is 0 Å². The van der Waals surface area contributed by atoms with Crippen molar-refractivity contribution in [3.05, 3.63) is 29.6 Å². The summed E-state index contributed by atoms with van der Waals surface area (Å²) in [5.74, 6) is 4.87. The summed E-state index contributed by atoms with van der Waals surface area (Å²) in [5, 5.41) is 0. The van der Waals surface area contributed by atoms with E-state index < -0.39 is 5.97 Å². The molecule has 15 heavy (non-hydrogen) atoms. The Morgan fingerprint density at radius 2 is 2.40 bits per heavy atom. The maximum atomic E-state index is 10.7. The van der Waals surface area contributed by atoms with Crippen LogP contribution in [-0.4, -0.2) is 24.3 Å². The number of ether oxygens (including phenoxy) is 1. The number of rotatable bonds is 2. The highest BCUT2D eigenvalue weighted by molar-refractivity contribution is 5.73. The smallest absolute Gasteiger partial charge is 0.317 e. The van der Waals surface area contributed by atoms with Gasteiger partial charge in [-0.05, 0) is 18.1 Å². The molecule has 0 radical (unpaired) electrons. The Bertz CT molecular complexity index is 429. The molecule has 4 nitrogen and oxygen atoms in total. The first-order chi connectivity index (χ1) is 7.26. The molecule has 1 rings (SSSR count). The molecule has 0 saturated heterocycles. The van der Waals surface area contributed by atoms with Crippen LogP contribution in [0.1, 0.15) is 22.6 Å². The minimum atomic E-state index is -0.394. The summed E-state index contributed by atoms with van der Waals surface area (Å²) in [4.78, 5) is 25.0. The van der Waals surface area contributed by atoms with Crippen LogP contribution in [0.4, 0.5) is 0 Å². The SMILES string of the molecule is COC(=O)CC#Cc1cccc(C=O)n1. The average Bonchev–Trinajstić information content (AvgIpc) is 2.29. The molecular weight excluding hydrogens is 194 g/mol. The van der Waals surface area contributed by atoms with Crippen LogP contribution < -0.4 is 0 Å². The van der Waals surface area contributed by atoms with Crippen LogP contribution in [-0.2, 0) is 9.53 Å². The van der Waals surface area contributed by atoms with E-state index in [-0.39, 0.29) is 6.42 Å². The Morgan fingerprint density at radius 3 is 3.07 bits per heavy atom. The predicted octanol–water partition coefficient (Wildman–Crippen LogP) is 0.809. The molecule has 0 aliphatic heterocycles. The Morgan fingerprint density at radius 1 is 1.60 bits per heavy atom. The van der Waals surface area contributed by atoms with Gasteiger partial charge in [0.05, 0.1) is 7.11 Å². The topological polar surface area (TPSA) is 56.3 Å². The van der Waals surface area contributed by atoms with Gasteiger partial charge in [-0.25, -0.2) is 4.98 Å². The van der Waals surface area contributed by atoms with Crippen LogP contribution in [0.15, 0.2) is 18.2 Å². The third-order valence-electron chi connectivity index (χ3n) is 1.57. The van der Waals surface area contributed by atoms with Crippen molar-refractivity contribution in [1.29, 1.82) is 0 Å². The van der Waals surface area contributed by atoms with E-state index in [0.29, 0.717) is 17.7 Å². The van der Waals surface area contributed by atoms with Crippen molar-refractivity contribution in [2.24, 2.45) is 0 Å². The van der Waals surface area contributed by atoms with E-state index in [2.05, 4.69) is 21.6 Å². The molecule has 0 spiro atoms. The van der Waals surface area contributed by atoms with Gasteiger partial charge in [0.25, 0.3) is 0 Å². The fraction of sp³-hybridized carbons (Fsp3) is 0.182. The Balaban J connectivity index is 2.71. The lowest BCUT2D eigenvalue weighted by Crippen LogP contribution is -1.97. The zero-order chi connectivity index (χ0) is 11.1. The van der Waals surface area contributed by atoms with Gasteiger partial charge in [-0.15, -0.1) is 0 Å². The predicted molar refractivity (Wildman–Crippen MR) is 53.1 cm³/mol. The van der Waals surface area contributed by atoms with Crippen molar-refractivity contribution < 1.29 is 14.3 Å². The lowest BCUT2D eigenvalue weighted by molar-refractivity contribution is -0.139. The summed E-state index contributed by atoms with van der Waals surface area (Å²) in [6, 6.07) is 4.93. The van der Waals surface area contributed by atoms with Gasteiger partial charge >= 0.3 is 5.97 Å². The van der Waals surface area contributed by atoms with Crippen LogP contribution in [0, 0.1) is 11.8 Å². The molecule has 1 aromatic heterocycles. The summed E-state index contributed by atoms with van der Waals surface area (Å²) < 4.78 is 4.42. The first kappa shape index (κ1) is 10.9. The molecule has 0 fully saturated rings. The molecule has 76 valence electrons. The largest absolute Gasteiger partial charge is 0.468 e. The van der Waals surface area contributed by atoms with Gasteiger partial charge in [-0.3, -0.25) is 9.59 Å². The fourth-order valence-electron chi connectivity index (χ4n) is 0.866. The number of hydrogen-bond donors (Lipinski definition) is 0. The van der Waals surface area contributed by atoms with Gasteiger partial charge in [0.15, 0.2) is 6.29 Å². The Hall–Kier alpha value is -2.15. The quantitative estimate of drug-likeness (QED) is 0.405. The highest BCUT2D eigenvalue weighted by Gasteiger charge is 1.95. The van der Waals surface area contributed by atoms with Gasteiger partial charge in [-0.1, -0.05) is 12.0 Å². The number of carbonyl (C=O) groups is 2. The Labute approximate surface area is 87.3 Å². The van der Waals surface area contributed by atoms with E-state index in [1.807, 2.05) is 0 Å². The maximum absolute atomic E-state index is 10.7. The second-order valence-corrected chi connectivity index (χ2v) is 2.62. The molecule has 0 bridgehead atoms. The van der Waals surface area contributed by atoms with Crippen LogP contribution in [0.5, 0.6) is 0 Å². The van der Waals surface area contributed by atoms with Crippen LogP contribution >= 0.6 is 0 Å². The standard InChI is InChI=1S/C11H9NO3/c1-15-11(14)7-3-5-9-4-2-6-10(8-13)12-9/h2,4,6,8H,7H2,1H3. The number of aromatic nitrogens is 1. The number of hydrogen-bond acceptors (Lipinski definition) is 4. The monoisotopic (exact) mass is 203 g/mol. The van der Waals surface area contributed by atoms with Crippen LogP contribution in [0.2, 0.25) is 0 Å². The van der Waals surface area contributed by atoms with Crippen molar-refractivity contribution in [3.63, 3.8) is 0 Å². The van der Waals surface area contributed by atoms with Crippen molar-refractivity contribution in [2.75, 3.05) is 7.11 Å². The minimum Gasteiger partial charge on any atom is -0.468 e. The van der Waals surface area contributed by atoms with E-state index in [0.717, 1.165) is 0 Å². The maximum Gasteiger partial charge on any atom is 0.317 e. The normalized spacial score (nSPS) is 8.60. The number of aldehydes is 1. The molecule has 1 heterocycles. The molecular formula is C11H9NO3. The highest BCUT2D eigenvalue weighted by atomic mass is 16.5. The van der Waals surface area contributed by atoms with Crippen molar-refractivity contribution >= 4 is 12.3 Å². The molecule has 0 aliphatic rings. The fourth-order valence-corrected chi connectivity index (χ4v) is 0.866. The summed E-state index contributed by atoms with van der Waals surface area (Å²) in [6.45, 7) is 0. The summed E-state index contributed by atoms with van der Waals surface area (Å²) >= 11 is 0. The second kappa shape index (κ2) is 5.55. The molecule has 4 heteroatoms. The number of nitrogens with zero attached hydrogens (tertiary/aromatic N) is 1. The molecule has 0 N–H and O–H groups in total. The van der Waals surface area contributed by atoms with Gasteiger partial charge in [0, 0.05) is 0 Å². The summed E-state index contributed by atoms with van der Waals surface area (Å²) in [5.41, 5.74) is 0.781. The third-order valence-corrected chi connectivity index (χ3v) is 1.57. The Kier molecular flexibility index (Phi) is 4.05. The zero-order valence-electron chi connectivity index (χ0n) is 8.19. The number of esters is 1. The molecule has 0 saturated carbocycles. The first-order valence-electron chi connectivity index (χ1n) is 4.24. The van der Waals surface area contributed by atoms with E-state index in [9.17, 15) is 9.59 Å². The lowest BCUT2D eigenvalue weighted by atomic mass is 10.3. The molecule has 1 aromatic rings. The summed E-state index contributed by atoms with van der Waals surface area (Å²) in [7, 11) is 1.30. The molecule has 0 unspecified atom stereocenters. The average molecular weight is 203 g/mol. The van der Waals surface area contributed by atoms with Crippen LogP contribution in [0.3, 0.4) is 0 Å². The van der Waals surface area contributed by atoms with Gasteiger partial charge in [-0.2, -0.15) is 0 Å². The second-order valence-electron chi connectivity index (χ2n) is 2.62. The van der Waals surface area contributed by atoms with E-state index in [1.54, 1.807) is 18.2 Å². The van der Waals surface area contributed by atoms with E-state index >= 15 is 0 Å². The number of methoxy groups -OCH3 is 1. The van der Waals surface area contributed by atoms with Crippen molar-refractivity contribution in [1.82, 2.24) is 4.98 Å². The van der Waals surface area contributed by atoms with Gasteiger partial charge < -0.3 is 4.74 Å². The van der Waals surface area contributed by atoms with Crippen LogP contribution in [0.25, 0.3) is 0 Å². The molecule has 0 aliphatic carbocycles. The third kappa shape index (κ3) is 3.61. The molecule has 0 aromatic carbocycles. The lowest BCUT2D eigenvalue weighted by Gasteiger charge is -1.91. The zero-order valence-corrected chi connectivity index (χ0v) is 8.19. The number of carbonyl (C=O) groups excluding carboxylic acids is 2. The minimum absolute atomic E-state index is 0.0174. The van der Waals surface area contributed by atoms with Gasteiger partial charge in [0.1, 0.15) is 17.8 Å².